The summed E-state index contributed by atoms with van der Waals surface area (Å²) in [5, 5.41) is 13.0. The van der Waals surface area contributed by atoms with E-state index in [2.05, 4.69) is 5.10 Å². The van der Waals surface area contributed by atoms with E-state index in [0.29, 0.717) is 11.2 Å². The Morgan fingerprint density at radius 2 is 2.13 bits per heavy atom. The fraction of sp³-hybridized carbons (Fsp3) is 0.364. The average molecular weight is 210 g/mol. The van der Waals surface area contributed by atoms with Crippen molar-refractivity contribution in [2.24, 2.45) is 0 Å². The number of rotatable bonds is 1. The van der Waals surface area contributed by atoms with E-state index in [9.17, 15) is 4.39 Å². The first-order chi connectivity index (χ1) is 7.22. The standard InChI is InChI=1S/C9H9FN2O.C2H6/c1-6-8(5-13)11-12-3-2-7(10)4-9(6)12;1-2/h2-4,13H,5H2,1H3;1-2H3. The second-order valence-corrected chi connectivity index (χ2v) is 2.90. The summed E-state index contributed by atoms with van der Waals surface area (Å²) in [6, 6.07) is 2.74. The van der Waals surface area contributed by atoms with Crippen molar-refractivity contribution in [2.75, 3.05) is 0 Å². The van der Waals surface area contributed by atoms with Crippen LogP contribution in [-0.2, 0) is 6.61 Å². The van der Waals surface area contributed by atoms with Gasteiger partial charge in [0.25, 0.3) is 0 Å². The Kier molecular flexibility index (Phi) is 3.80. The quantitative estimate of drug-likeness (QED) is 0.784. The molecule has 2 aromatic rings. The second kappa shape index (κ2) is 4.89. The first-order valence-corrected chi connectivity index (χ1v) is 4.96. The summed E-state index contributed by atoms with van der Waals surface area (Å²) in [6.45, 7) is 5.70. The predicted molar refractivity (Wildman–Crippen MR) is 57.2 cm³/mol. The van der Waals surface area contributed by atoms with Gasteiger partial charge in [-0.15, -0.1) is 0 Å². The van der Waals surface area contributed by atoms with E-state index in [-0.39, 0.29) is 12.4 Å². The predicted octanol–water partition coefficient (Wildman–Crippen LogP) is 2.30. The fourth-order valence-corrected chi connectivity index (χ4v) is 1.34. The Labute approximate surface area is 88.2 Å². The van der Waals surface area contributed by atoms with Gasteiger partial charge in [-0.05, 0) is 19.1 Å². The number of halogens is 1. The minimum Gasteiger partial charge on any atom is -0.390 e. The molecular formula is C11H15FN2O. The number of aliphatic hydroxyl groups excluding tert-OH is 1. The van der Waals surface area contributed by atoms with Gasteiger partial charge in [0.05, 0.1) is 17.8 Å². The molecule has 0 saturated heterocycles. The molecule has 82 valence electrons. The van der Waals surface area contributed by atoms with Gasteiger partial charge in [-0.2, -0.15) is 5.10 Å². The Bertz CT molecular complexity index is 451. The van der Waals surface area contributed by atoms with Crippen LogP contribution in [0.4, 0.5) is 4.39 Å². The van der Waals surface area contributed by atoms with Crippen LogP contribution in [0.3, 0.4) is 0 Å². The van der Waals surface area contributed by atoms with Crippen molar-refractivity contribution in [3.63, 3.8) is 0 Å². The summed E-state index contributed by atoms with van der Waals surface area (Å²) in [5.74, 6) is -0.292. The largest absolute Gasteiger partial charge is 0.390 e. The number of aryl methyl sites for hydroxylation is 1. The Hall–Kier alpha value is -1.42. The highest BCUT2D eigenvalue weighted by atomic mass is 19.1. The fourth-order valence-electron chi connectivity index (χ4n) is 1.34. The molecule has 2 aromatic heterocycles. The van der Waals surface area contributed by atoms with Crippen LogP contribution in [0.15, 0.2) is 18.3 Å². The normalized spacial score (nSPS) is 9.93. The molecule has 0 radical (unpaired) electrons. The zero-order valence-electron chi connectivity index (χ0n) is 9.16. The topological polar surface area (TPSA) is 37.5 Å². The van der Waals surface area contributed by atoms with E-state index in [4.69, 9.17) is 5.11 Å². The van der Waals surface area contributed by atoms with Gasteiger partial charge in [0, 0.05) is 11.8 Å². The second-order valence-electron chi connectivity index (χ2n) is 2.90. The molecular weight excluding hydrogens is 195 g/mol. The van der Waals surface area contributed by atoms with Gasteiger partial charge < -0.3 is 5.11 Å². The van der Waals surface area contributed by atoms with Gasteiger partial charge in [-0.3, -0.25) is 0 Å². The van der Waals surface area contributed by atoms with Crippen LogP contribution in [0.2, 0.25) is 0 Å². The SMILES string of the molecule is CC.Cc1c(CO)nn2ccc(F)cc12. The van der Waals surface area contributed by atoms with Gasteiger partial charge >= 0.3 is 0 Å². The maximum Gasteiger partial charge on any atom is 0.126 e. The van der Waals surface area contributed by atoms with E-state index in [1.807, 2.05) is 20.8 Å². The lowest BCUT2D eigenvalue weighted by Gasteiger charge is -1.92. The summed E-state index contributed by atoms with van der Waals surface area (Å²) in [7, 11) is 0. The van der Waals surface area contributed by atoms with E-state index in [1.165, 1.54) is 18.3 Å². The van der Waals surface area contributed by atoms with E-state index in [1.54, 1.807) is 4.52 Å². The lowest BCUT2D eigenvalue weighted by atomic mass is 10.2. The van der Waals surface area contributed by atoms with Crippen LogP contribution in [0.5, 0.6) is 0 Å². The van der Waals surface area contributed by atoms with E-state index in [0.717, 1.165) is 5.56 Å². The van der Waals surface area contributed by atoms with Crippen molar-refractivity contribution in [2.45, 2.75) is 27.4 Å². The summed E-state index contributed by atoms with van der Waals surface area (Å²) < 4.78 is 14.4. The van der Waals surface area contributed by atoms with Crippen LogP contribution >= 0.6 is 0 Å². The molecule has 0 aliphatic heterocycles. The number of nitrogens with zero attached hydrogens (tertiary/aromatic N) is 2. The monoisotopic (exact) mass is 210 g/mol. The van der Waals surface area contributed by atoms with Gasteiger partial charge in [0.15, 0.2) is 0 Å². The molecule has 0 unspecified atom stereocenters. The summed E-state index contributed by atoms with van der Waals surface area (Å²) in [4.78, 5) is 0. The molecule has 3 nitrogen and oxygen atoms in total. The minimum atomic E-state index is -0.292. The lowest BCUT2D eigenvalue weighted by molar-refractivity contribution is 0.275. The van der Waals surface area contributed by atoms with Crippen LogP contribution in [-0.4, -0.2) is 14.7 Å². The zero-order chi connectivity index (χ0) is 11.4. The van der Waals surface area contributed by atoms with Gasteiger partial charge in [0.1, 0.15) is 5.82 Å². The number of fused-ring (bicyclic) bond motifs is 1. The molecule has 4 heteroatoms. The van der Waals surface area contributed by atoms with Crippen LogP contribution in [0.25, 0.3) is 5.52 Å². The molecule has 2 rings (SSSR count). The summed E-state index contributed by atoms with van der Waals surface area (Å²) in [5.41, 5.74) is 2.11. The Morgan fingerprint density at radius 3 is 2.73 bits per heavy atom. The first kappa shape index (κ1) is 11.7. The molecule has 0 aliphatic rings. The number of pyridine rings is 1. The van der Waals surface area contributed by atoms with Gasteiger partial charge in [-0.1, -0.05) is 13.8 Å². The molecule has 15 heavy (non-hydrogen) atoms. The van der Waals surface area contributed by atoms with Gasteiger partial charge in [0.2, 0.25) is 0 Å². The third-order valence-corrected chi connectivity index (χ3v) is 2.09. The highest BCUT2D eigenvalue weighted by molar-refractivity contribution is 5.55. The third kappa shape index (κ3) is 2.15. The van der Waals surface area contributed by atoms with Crippen molar-refractivity contribution < 1.29 is 9.50 Å². The highest BCUT2D eigenvalue weighted by Gasteiger charge is 2.07. The summed E-state index contributed by atoms with van der Waals surface area (Å²) >= 11 is 0. The number of hydrogen-bond donors (Lipinski definition) is 1. The molecule has 0 spiro atoms. The zero-order valence-corrected chi connectivity index (χ0v) is 9.16. The maximum atomic E-state index is 12.8. The van der Waals surface area contributed by atoms with Crippen LogP contribution in [0.1, 0.15) is 25.1 Å². The van der Waals surface area contributed by atoms with Crippen molar-refractivity contribution in [3.8, 4) is 0 Å². The summed E-state index contributed by atoms with van der Waals surface area (Å²) in [6.07, 6.45) is 1.54. The molecule has 0 atom stereocenters. The van der Waals surface area contributed by atoms with Crippen LogP contribution < -0.4 is 0 Å². The van der Waals surface area contributed by atoms with Crippen molar-refractivity contribution in [1.29, 1.82) is 0 Å². The number of aromatic nitrogens is 2. The third-order valence-electron chi connectivity index (χ3n) is 2.09. The molecule has 0 bridgehead atoms. The molecule has 1 N–H and O–H groups in total. The highest BCUT2D eigenvalue weighted by Crippen LogP contribution is 2.15. The van der Waals surface area contributed by atoms with Crippen molar-refractivity contribution in [3.05, 3.63) is 35.4 Å². The Morgan fingerprint density at radius 1 is 1.47 bits per heavy atom. The molecule has 0 aromatic carbocycles. The number of hydrogen-bond acceptors (Lipinski definition) is 2. The van der Waals surface area contributed by atoms with Crippen molar-refractivity contribution in [1.82, 2.24) is 9.61 Å². The molecule has 0 fully saturated rings. The maximum absolute atomic E-state index is 12.8. The smallest absolute Gasteiger partial charge is 0.126 e. The average Bonchev–Trinajstić information content (AvgIpc) is 2.59. The molecule has 0 aliphatic carbocycles. The molecule has 0 amide bonds. The Balaban J connectivity index is 0.000000531. The minimum absolute atomic E-state index is 0.116. The lowest BCUT2D eigenvalue weighted by Crippen LogP contribution is -1.88. The van der Waals surface area contributed by atoms with E-state index < -0.39 is 0 Å². The molecule has 2 heterocycles. The van der Waals surface area contributed by atoms with E-state index >= 15 is 0 Å². The first-order valence-electron chi connectivity index (χ1n) is 4.96. The number of aliphatic hydroxyl groups is 1. The van der Waals surface area contributed by atoms with Crippen LogP contribution in [0, 0.1) is 12.7 Å². The van der Waals surface area contributed by atoms with Crippen molar-refractivity contribution >= 4 is 5.52 Å². The van der Waals surface area contributed by atoms with Gasteiger partial charge in [-0.25, -0.2) is 8.91 Å². The molecule has 0 saturated carbocycles.